The highest BCUT2D eigenvalue weighted by molar-refractivity contribution is 7.82. The minimum absolute atomic E-state index is 0.0110. The van der Waals surface area contributed by atoms with Gasteiger partial charge in [0.2, 0.25) is 41.1 Å². The van der Waals surface area contributed by atoms with Crippen LogP contribution in [0.4, 0.5) is 0 Å². The van der Waals surface area contributed by atoms with E-state index in [9.17, 15) is 148 Å². The van der Waals surface area contributed by atoms with Crippen LogP contribution in [0, 0.1) is 0 Å². The highest BCUT2D eigenvalue weighted by Crippen LogP contribution is 2.44. The van der Waals surface area contributed by atoms with Crippen molar-refractivity contribution < 1.29 is 201 Å². The predicted octanol–water partition coefficient (Wildman–Crippen LogP) is -1.46. The van der Waals surface area contributed by atoms with Gasteiger partial charge in [-0.2, -0.15) is 50.5 Å². The summed E-state index contributed by atoms with van der Waals surface area (Å²) in [6.07, 6.45) is -15.5. The number of phenolic OH excluding ortho intramolecular Hbond substituents is 9. The van der Waals surface area contributed by atoms with Gasteiger partial charge in [-0.05, 0) is 24.3 Å². The van der Waals surface area contributed by atoms with Gasteiger partial charge in [0.15, 0.2) is 69.7 Å². The zero-order valence-corrected chi connectivity index (χ0v) is 47.8. The molecule has 5 aromatic rings. The van der Waals surface area contributed by atoms with Gasteiger partial charge in [0.25, 0.3) is 0 Å². The number of hydrogen-bond acceptors (Lipinski definition) is 38. The number of rotatable bonds is 23. The maximum atomic E-state index is 14.6. The summed E-state index contributed by atoms with van der Waals surface area (Å²) in [4.78, 5) is 71.1. The van der Waals surface area contributed by atoms with Crippen molar-refractivity contribution in [3.63, 3.8) is 0 Å². The fourth-order valence-electron chi connectivity index (χ4n) is 7.10. The van der Waals surface area contributed by atoms with Gasteiger partial charge in [0, 0.05) is 36.4 Å². The predicted molar refractivity (Wildman–Crippen MR) is 272 cm³/mol. The summed E-state index contributed by atoms with van der Waals surface area (Å²) >= 11 is 0. The van der Waals surface area contributed by atoms with E-state index in [1.165, 1.54) is 0 Å². The lowest BCUT2D eigenvalue weighted by Crippen LogP contribution is -2.63. The SMILES string of the molecule is O=C(OC[C@H]1O[C@@H](OC(=O)c2cc(O)c(O)c(OS(=O)(=O)O)c2)[C@H](OC(=O)c2cc(O)c(O)c(OS(=O)(=O)O)c2)[C@@H](OC(=O)c2cc(OS(=O)(=O)O)c(O)c(OS(=O)(=O)O)c2)[C@@H]1OC(=O)c1cc(O)c(O)c(OS(=O)(=O)O)c1)c1cc(O)c(O)c(OS(=O)(=O)O)c1. The van der Waals surface area contributed by atoms with Gasteiger partial charge in [-0.25, -0.2) is 24.0 Å². The zero-order chi connectivity index (χ0) is 68.6. The molecule has 0 spiro atoms. The van der Waals surface area contributed by atoms with Crippen LogP contribution < -0.4 is 25.1 Å². The standard InChI is InChI=1S/C41H32O44S6/c42-17-1-12(5-21(28(17)46)80-86(56,57)58)36(51)74-11-27-33(76-37(52)13-2-18(43)29(47)22(6-13)81-87(59,60)61)34(77-39(54)16-9-25(84-90(68,69)70)32(50)26(10-16)85-91(71,72)73)35(78-38(53)14-3-19(44)30(48)23(7-14)82-88(62,63)64)41(75-27)79-40(55)15-4-20(45)31(49)24(8-15)83-89(65,66)67/h1-10,27,33-35,41-50H,11H2,(H,56,57,58)(H,59,60,61)(H,62,63,64)(H,65,66,67)(H,68,69,70)(H,71,72,73)/t27-,33-,34+,35-,41+/m1/s1. The third-order valence-corrected chi connectivity index (χ3v) is 12.9. The average Bonchev–Trinajstić information content (AvgIpc) is 0.794. The van der Waals surface area contributed by atoms with Gasteiger partial charge in [-0.3, -0.25) is 27.3 Å². The molecule has 1 aliphatic rings. The Bertz CT molecular complexity index is 4470. The number of carbonyl (C=O) groups is 5. The Morgan fingerprint density at radius 3 is 0.835 bits per heavy atom. The second-order valence-corrected chi connectivity index (χ2v) is 23.0. The largest absolute Gasteiger partial charge is 0.504 e. The maximum absolute atomic E-state index is 14.6. The number of carbonyl (C=O) groups excluding carboxylic acids is 5. The van der Waals surface area contributed by atoms with Crippen molar-refractivity contribution >= 4 is 92.2 Å². The highest BCUT2D eigenvalue weighted by atomic mass is 32.3. The van der Waals surface area contributed by atoms with Gasteiger partial charge in [-0.1, -0.05) is 0 Å². The molecule has 0 amide bonds. The topological polar surface area (TPSA) is 704 Å². The lowest BCUT2D eigenvalue weighted by molar-refractivity contribution is -0.282. The van der Waals surface area contributed by atoms with E-state index >= 15 is 0 Å². The van der Waals surface area contributed by atoms with E-state index in [0.717, 1.165) is 0 Å². The summed E-state index contributed by atoms with van der Waals surface area (Å²) in [5.41, 5.74) is -6.57. The third kappa shape index (κ3) is 18.7. The molecule has 50 heteroatoms. The molecular weight excluding hydrogens is 1390 g/mol. The van der Waals surface area contributed by atoms with E-state index in [0.29, 0.717) is 0 Å². The normalized spacial score (nSPS) is 17.1. The van der Waals surface area contributed by atoms with Crippen LogP contribution in [0.25, 0.3) is 0 Å². The molecule has 6 rings (SSSR count). The number of esters is 5. The van der Waals surface area contributed by atoms with E-state index in [1.54, 1.807) is 0 Å². The van der Waals surface area contributed by atoms with Crippen molar-refractivity contribution in [1.82, 2.24) is 0 Å². The van der Waals surface area contributed by atoms with Gasteiger partial charge < -0.3 is 99.5 Å². The summed E-state index contributed by atoms with van der Waals surface area (Å²) < 4.78 is 253. The smallest absolute Gasteiger partial charge is 0.446 e. The zero-order valence-electron chi connectivity index (χ0n) is 42.9. The number of ether oxygens (including phenoxy) is 6. The Kier molecular flexibility index (Phi) is 19.8. The molecule has 496 valence electrons. The van der Waals surface area contributed by atoms with Crippen LogP contribution in [0.5, 0.6) is 86.2 Å². The third-order valence-electron chi connectivity index (χ3n) is 10.5. The Hall–Kier alpha value is -10.1. The molecule has 15 N–H and O–H groups in total. The van der Waals surface area contributed by atoms with Gasteiger partial charge >= 0.3 is 92.2 Å². The molecule has 44 nitrogen and oxygen atoms in total. The average molecular weight is 1420 g/mol. The highest BCUT2D eigenvalue weighted by Gasteiger charge is 2.55. The quantitative estimate of drug-likeness (QED) is 0.0154. The molecule has 1 fully saturated rings. The molecule has 0 unspecified atom stereocenters. The monoisotopic (exact) mass is 1420 g/mol. The molecule has 0 bridgehead atoms. The van der Waals surface area contributed by atoms with Crippen molar-refractivity contribution in [3.8, 4) is 86.2 Å². The van der Waals surface area contributed by atoms with Gasteiger partial charge in [0.05, 0.1) is 27.8 Å². The fraction of sp³-hybridized carbons (Fsp3) is 0.146. The number of aromatic hydroxyl groups is 9. The first-order valence-corrected chi connectivity index (χ1v) is 30.5. The minimum atomic E-state index is -5.91. The van der Waals surface area contributed by atoms with Crippen molar-refractivity contribution in [1.29, 1.82) is 0 Å². The summed E-state index contributed by atoms with van der Waals surface area (Å²) in [5, 5.41) is 93.3. The lowest BCUT2D eigenvalue weighted by Gasteiger charge is -2.43. The van der Waals surface area contributed by atoms with Crippen molar-refractivity contribution in [2.24, 2.45) is 0 Å². The first-order valence-electron chi connectivity index (χ1n) is 22.3. The lowest BCUT2D eigenvalue weighted by atomic mass is 9.97. The molecular formula is C41H32O44S6. The molecule has 1 saturated heterocycles. The minimum Gasteiger partial charge on any atom is -0.504 e. The summed E-state index contributed by atoms with van der Waals surface area (Å²) in [7, 11) is -34.6. The van der Waals surface area contributed by atoms with E-state index in [4.69, 9.17) is 28.4 Å². The molecule has 5 atom stereocenters. The van der Waals surface area contributed by atoms with Gasteiger partial charge in [0.1, 0.15) is 12.7 Å². The molecule has 1 aliphatic heterocycles. The van der Waals surface area contributed by atoms with Crippen molar-refractivity contribution in [2.45, 2.75) is 30.7 Å². The van der Waals surface area contributed by atoms with Crippen LogP contribution in [0.15, 0.2) is 60.7 Å². The van der Waals surface area contributed by atoms with Crippen molar-refractivity contribution in [3.05, 3.63) is 88.5 Å². The summed E-state index contributed by atoms with van der Waals surface area (Å²) in [6.45, 7) is -1.78. The molecule has 91 heavy (non-hydrogen) atoms. The molecule has 5 aromatic carbocycles. The summed E-state index contributed by atoms with van der Waals surface area (Å²) in [6, 6.07) is 1.37. The Balaban J connectivity index is 1.67. The van der Waals surface area contributed by atoms with Crippen LogP contribution in [0.3, 0.4) is 0 Å². The van der Waals surface area contributed by atoms with Crippen molar-refractivity contribution in [2.75, 3.05) is 6.61 Å². The van der Waals surface area contributed by atoms with E-state index in [-0.39, 0.29) is 60.7 Å². The van der Waals surface area contributed by atoms with Crippen LogP contribution >= 0.6 is 0 Å². The molecule has 1 heterocycles. The van der Waals surface area contributed by atoms with Crippen LogP contribution in [0.2, 0.25) is 0 Å². The molecule has 0 saturated carbocycles. The van der Waals surface area contributed by atoms with E-state index in [1.807, 2.05) is 0 Å². The second-order valence-electron chi connectivity index (χ2n) is 16.9. The van der Waals surface area contributed by atoms with E-state index in [2.05, 4.69) is 25.1 Å². The second kappa shape index (κ2) is 25.8. The number of hydrogen-bond donors (Lipinski definition) is 15. The number of benzene rings is 5. The Morgan fingerprint density at radius 2 is 0.549 bits per heavy atom. The fourth-order valence-corrected chi connectivity index (χ4v) is 9.23. The first-order chi connectivity index (χ1) is 41.6. The summed E-state index contributed by atoms with van der Waals surface area (Å²) in [5.74, 6) is -34.4. The van der Waals surface area contributed by atoms with E-state index < -0.39 is 244 Å². The molecule has 0 radical (unpaired) electrons. The van der Waals surface area contributed by atoms with Crippen LogP contribution in [-0.2, 0) is 90.8 Å². The van der Waals surface area contributed by atoms with Crippen LogP contribution in [-0.4, -0.2) is 191 Å². The molecule has 0 aliphatic carbocycles. The first kappa shape index (κ1) is 70.0. The van der Waals surface area contributed by atoms with Crippen LogP contribution in [0.1, 0.15) is 51.8 Å². The number of phenols is 9. The maximum Gasteiger partial charge on any atom is 0.446 e. The van der Waals surface area contributed by atoms with Gasteiger partial charge in [-0.15, -0.1) is 0 Å². The molecule has 0 aromatic heterocycles. The Morgan fingerprint density at radius 1 is 0.319 bits per heavy atom. The Labute approximate surface area is 503 Å².